The van der Waals surface area contributed by atoms with E-state index in [4.69, 9.17) is 14.2 Å². The summed E-state index contributed by atoms with van der Waals surface area (Å²) >= 11 is 0. The number of carbonyl (C=O) groups excluding carboxylic acids is 2. The van der Waals surface area contributed by atoms with Crippen LogP contribution in [0.15, 0.2) is 36.0 Å². The number of epoxide rings is 1. The van der Waals surface area contributed by atoms with E-state index in [1.165, 1.54) is 6.92 Å². The van der Waals surface area contributed by atoms with Crippen LogP contribution in [0.2, 0.25) is 0 Å². The molecule has 0 saturated carbocycles. The fourth-order valence-electron chi connectivity index (χ4n) is 4.98. The number of aliphatic hydroxyl groups excluding tert-OH is 2. The zero-order chi connectivity index (χ0) is 27.7. The van der Waals surface area contributed by atoms with Gasteiger partial charge < -0.3 is 24.4 Å². The predicted molar refractivity (Wildman–Crippen MR) is 144 cm³/mol. The van der Waals surface area contributed by atoms with E-state index in [0.29, 0.717) is 18.8 Å². The number of hydrogen-bond acceptors (Lipinski definition) is 7. The normalized spacial score (nSPS) is 34.1. The van der Waals surface area contributed by atoms with Gasteiger partial charge in [0.05, 0.1) is 30.8 Å². The van der Waals surface area contributed by atoms with Crippen LogP contribution >= 0.6 is 0 Å². The number of carbonyl (C=O) groups is 2. The molecule has 0 amide bonds. The molecule has 2 N–H and O–H groups in total. The summed E-state index contributed by atoms with van der Waals surface area (Å²) in [5.41, 5.74) is 0.887. The number of ether oxygens (including phenoxy) is 3. The molecule has 7 heteroatoms. The number of rotatable bonds is 9. The molecular formula is C30H48O7. The Balaban J connectivity index is 2.08. The van der Waals surface area contributed by atoms with Crippen LogP contribution in [-0.4, -0.2) is 58.8 Å². The van der Waals surface area contributed by atoms with Crippen molar-refractivity contribution in [1.29, 1.82) is 0 Å². The van der Waals surface area contributed by atoms with Crippen LogP contribution in [0.4, 0.5) is 0 Å². The first-order chi connectivity index (χ1) is 17.4. The lowest BCUT2D eigenvalue weighted by molar-refractivity contribution is -0.151. The largest absolute Gasteiger partial charge is 0.458 e. The van der Waals surface area contributed by atoms with Crippen LogP contribution in [0.25, 0.3) is 0 Å². The van der Waals surface area contributed by atoms with Gasteiger partial charge in [0.25, 0.3) is 0 Å². The van der Waals surface area contributed by atoms with E-state index >= 15 is 0 Å². The SMILES string of the molecule is CC[C@H](O)[C@@H](C)[C@H]1O[C@@H]1C[C@H](C)C=CC=C(C)[C@H]1OC(=O)C[C@H](O)CC[C@H](C)[C@@H](OC(C)=O)C=C[C@@H]1C. The Morgan fingerprint density at radius 1 is 1.22 bits per heavy atom. The van der Waals surface area contributed by atoms with Crippen LogP contribution in [0.5, 0.6) is 0 Å². The first kappa shape index (κ1) is 31.3. The van der Waals surface area contributed by atoms with E-state index in [0.717, 1.165) is 18.4 Å². The Kier molecular flexibility index (Phi) is 12.5. The van der Waals surface area contributed by atoms with Crippen molar-refractivity contribution < 1.29 is 34.0 Å². The zero-order valence-electron chi connectivity index (χ0n) is 23.6. The summed E-state index contributed by atoms with van der Waals surface area (Å²) < 4.78 is 17.1. The number of allylic oxidation sites excluding steroid dienone is 3. The van der Waals surface area contributed by atoms with Crippen molar-refractivity contribution >= 4 is 11.9 Å². The molecule has 0 unspecified atom stereocenters. The Bertz CT molecular complexity index is 832. The topological polar surface area (TPSA) is 106 Å². The minimum atomic E-state index is -0.799. The second kappa shape index (κ2) is 14.8. The molecular weight excluding hydrogens is 472 g/mol. The average Bonchev–Trinajstić information content (AvgIpc) is 3.60. The molecule has 0 aliphatic carbocycles. The first-order valence-corrected chi connectivity index (χ1v) is 13.8. The molecule has 0 spiro atoms. The molecule has 2 aliphatic heterocycles. The maximum atomic E-state index is 12.6. The summed E-state index contributed by atoms with van der Waals surface area (Å²) in [6.07, 6.45) is 10.8. The van der Waals surface area contributed by atoms with E-state index in [1.807, 2.05) is 58.9 Å². The fraction of sp³-hybridized carbons (Fsp3) is 0.733. The second-order valence-corrected chi connectivity index (χ2v) is 11.1. The minimum Gasteiger partial charge on any atom is -0.458 e. The lowest BCUT2D eigenvalue weighted by atomic mass is 9.92. The molecule has 0 aromatic rings. The Morgan fingerprint density at radius 2 is 1.92 bits per heavy atom. The summed E-state index contributed by atoms with van der Waals surface area (Å²) in [6, 6.07) is 0. The summed E-state index contributed by atoms with van der Waals surface area (Å²) in [5, 5.41) is 20.4. The van der Waals surface area contributed by atoms with Crippen molar-refractivity contribution in [3.8, 4) is 0 Å². The number of hydrogen-bond donors (Lipinski definition) is 2. The van der Waals surface area contributed by atoms with Gasteiger partial charge in [0.2, 0.25) is 0 Å². The first-order valence-electron chi connectivity index (χ1n) is 13.8. The van der Waals surface area contributed by atoms with Gasteiger partial charge in [0, 0.05) is 18.8 Å². The Labute approximate surface area is 222 Å². The van der Waals surface area contributed by atoms with Crippen molar-refractivity contribution in [2.24, 2.45) is 23.7 Å². The standard InChI is InChI=1S/C30H48O7/c1-8-25(33)22(6)30-27(36-30)16-18(2)10-9-11-20(4)29-21(5)13-15-26(35-23(7)31)19(3)12-14-24(32)17-28(34)37-29/h9-11,13,15,18-19,21-22,24-27,29-30,32-33H,8,12,14,16-17H2,1-7H3/t18-,19+,21+,22-,24-,25+,26+,27-,29-,30-/m1/s1. The van der Waals surface area contributed by atoms with Crippen molar-refractivity contribution in [2.45, 2.75) is 117 Å². The third kappa shape index (κ3) is 10.4. The molecule has 0 bridgehead atoms. The second-order valence-electron chi connectivity index (χ2n) is 11.1. The van der Waals surface area contributed by atoms with Crippen LogP contribution in [0.1, 0.15) is 80.6 Å². The lowest BCUT2D eigenvalue weighted by Crippen LogP contribution is -2.30. The fourth-order valence-corrected chi connectivity index (χ4v) is 4.98. The third-order valence-electron chi connectivity index (χ3n) is 7.58. The van der Waals surface area contributed by atoms with Crippen molar-refractivity contribution in [2.75, 3.05) is 0 Å². The number of esters is 2. The zero-order valence-corrected chi connectivity index (χ0v) is 23.6. The highest BCUT2D eigenvalue weighted by Gasteiger charge is 2.44. The highest BCUT2D eigenvalue weighted by atomic mass is 16.6. The van der Waals surface area contributed by atoms with Gasteiger partial charge in [-0.3, -0.25) is 9.59 Å². The van der Waals surface area contributed by atoms with Crippen molar-refractivity contribution in [3.05, 3.63) is 36.0 Å². The highest BCUT2D eigenvalue weighted by Crippen LogP contribution is 2.36. The van der Waals surface area contributed by atoms with Gasteiger partial charge >= 0.3 is 11.9 Å². The van der Waals surface area contributed by atoms with Crippen LogP contribution in [0, 0.1) is 23.7 Å². The van der Waals surface area contributed by atoms with Gasteiger partial charge in [-0.2, -0.15) is 0 Å². The molecule has 37 heavy (non-hydrogen) atoms. The van der Waals surface area contributed by atoms with Gasteiger partial charge in [-0.25, -0.2) is 0 Å². The highest BCUT2D eigenvalue weighted by molar-refractivity contribution is 5.70. The van der Waals surface area contributed by atoms with E-state index in [9.17, 15) is 19.8 Å². The van der Waals surface area contributed by atoms with E-state index in [1.54, 1.807) is 0 Å². The number of aliphatic hydroxyl groups is 2. The molecule has 2 heterocycles. The summed E-state index contributed by atoms with van der Waals surface area (Å²) in [4.78, 5) is 24.2. The molecule has 0 aromatic heterocycles. The predicted octanol–water partition coefficient (Wildman–Crippen LogP) is 4.91. The molecule has 0 radical (unpaired) electrons. The monoisotopic (exact) mass is 520 g/mol. The smallest absolute Gasteiger partial charge is 0.309 e. The molecule has 2 rings (SSSR count). The van der Waals surface area contributed by atoms with E-state index in [-0.39, 0.29) is 48.5 Å². The third-order valence-corrected chi connectivity index (χ3v) is 7.58. The summed E-state index contributed by atoms with van der Waals surface area (Å²) in [6.45, 7) is 13.4. The summed E-state index contributed by atoms with van der Waals surface area (Å²) in [5.74, 6) is -0.477. The molecule has 0 aromatic carbocycles. The van der Waals surface area contributed by atoms with Crippen molar-refractivity contribution in [1.82, 2.24) is 0 Å². The van der Waals surface area contributed by atoms with Crippen LogP contribution in [0.3, 0.4) is 0 Å². The summed E-state index contributed by atoms with van der Waals surface area (Å²) in [7, 11) is 0. The van der Waals surface area contributed by atoms with Gasteiger partial charge in [-0.15, -0.1) is 0 Å². The van der Waals surface area contributed by atoms with Gasteiger partial charge in [-0.05, 0) is 56.1 Å². The van der Waals surface area contributed by atoms with Gasteiger partial charge in [0.1, 0.15) is 12.2 Å². The minimum absolute atomic E-state index is 0.0141. The quantitative estimate of drug-likeness (QED) is 0.193. The maximum absolute atomic E-state index is 12.6. The molecule has 1 fully saturated rings. The lowest BCUT2D eigenvalue weighted by Gasteiger charge is -2.27. The van der Waals surface area contributed by atoms with E-state index < -0.39 is 24.3 Å². The Hall–Kier alpha value is -1.96. The molecule has 10 atom stereocenters. The molecule has 2 aliphatic rings. The van der Waals surface area contributed by atoms with E-state index in [2.05, 4.69) is 13.0 Å². The number of cyclic esters (lactones) is 1. The van der Waals surface area contributed by atoms with Gasteiger partial charge in [-0.1, -0.05) is 58.9 Å². The van der Waals surface area contributed by atoms with Crippen LogP contribution < -0.4 is 0 Å². The molecule has 210 valence electrons. The van der Waals surface area contributed by atoms with Crippen molar-refractivity contribution in [3.63, 3.8) is 0 Å². The van der Waals surface area contributed by atoms with Crippen LogP contribution in [-0.2, 0) is 23.8 Å². The van der Waals surface area contributed by atoms with Gasteiger partial charge in [0.15, 0.2) is 0 Å². The molecule has 1 saturated heterocycles. The Morgan fingerprint density at radius 3 is 2.57 bits per heavy atom. The maximum Gasteiger partial charge on any atom is 0.309 e. The average molecular weight is 521 g/mol. The molecule has 7 nitrogen and oxygen atoms in total.